The van der Waals surface area contributed by atoms with E-state index in [1.54, 1.807) is 18.3 Å². The van der Waals surface area contributed by atoms with Gasteiger partial charge in [0, 0.05) is 31.2 Å². The number of hydrogen-bond donors (Lipinski definition) is 2. The minimum Gasteiger partial charge on any atom is -0.454 e. The highest BCUT2D eigenvalue weighted by molar-refractivity contribution is 8.18. The Hall–Kier alpha value is -4.02. The number of rotatable bonds is 7. The van der Waals surface area contributed by atoms with Gasteiger partial charge in [-0.1, -0.05) is 24.3 Å². The van der Waals surface area contributed by atoms with E-state index in [0.717, 1.165) is 72.4 Å². The molecule has 4 aromatic rings. The number of thioether (sulfide) groups is 1. The van der Waals surface area contributed by atoms with E-state index in [1.807, 2.05) is 48.5 Å². The van der Waals surface area contributed by atoms with E-state index < -0.39 is 0 Å². The molecule has 2 amide bonds. The normalized spacial score (nSPS) is 17.5. The number of carbonyl (C=O) groups is 2. The zero-order valence-electron chi connectivity index (χ0n) is 20.6. The number of amides is 2. The highest BCUT2D eigenvalue weighted by Crippen LogP contribution is 2.27. The Morgan fingerprint density at radius 3 is 2.76 bits per heavy atom. The van der Waals surface area contributed by atoms with E-state index in [-0.39, 0.29) is 11.1 Å². The molecule has 10 heteroatoms. The van der Waals surface area contributed by atoms with Crippen molar-refractivity contribution in [1.82, 2.24) is 25.6 Å². The second-order valence-electron chi connectivity index (χ2n) is 9.36. The van der Waals surface area contributed by atoms with Crippen LogP contribution in [0.5, 0.6) is 0 Å². The topological polar surface area (TPSA) is 113 Å². The number of anilines is 1. The Morgan fingerprint density at radius 1 is 1.08 bits per heavy atom. The minimum absolute atomic E-state index is 0.349. The SMILES string of the molecule is O=C1NC(=O)C(=Cc2ccnc(N3CCC(CNCc4cccc(-c5cc6ccccc6o5)n4)CC3)n2)S1. The van der Waals surface area contributed by atoms with Crippen molar-refractivity contribution in [2.75, 3.05) is 24.5 Å². The van der Waals surface area contributed by atoms with Crippen LogP contribution in [0.25, 0.3) is 28.5 Å². The highest BCUT2D eigenvalue weighted by Gasteiger charge is 2.26. The van der Waals surface area contributed by atoms with Gasteiger partial charge >= 0.3 is 0 Å². The van der Waals surface area contributed by atoms with Gasteiger partial charge in [0.25, 0.3) is 11.1 Å². The molecule has 0 saturated carbocycles. The third-order valence-corrected chi connectivity index (χ3v) is 7.52. The van der Waals surface area contributed by atoms with E-state index in [1.165, 1.54) is 0 Å². The number of carbonyl (C=O) groups excluding carboxylic acids is 2. The third kappa shape index (κ3) is 5.46. The lowest BCUT2D eigenvalue weighted by molar-refractivity contribution is -0.115. The van der Waals surface area contributed by atoms with Crippen molar-refractivity contribution in [2.24, 2.45) is 5.92 Å². The van der Waals surface area contributed by atoms with Crippen LogP contribution in [0.1, 0.15) is 24.2 Å². The maximum Gasteiger partial charge on any atom is 0.290 e. The van der Waals surface area contributed by atoms with Gasteiger partial charge in [-0.3, -0.25) is 14.9 Å². The summed E-state index contributed by atoms with van der Waals surface area (Å²) in [6.45, 7) is 3.33. The number of furan rings is 1. The van der Waals surface area contributed by atoms with Crippen molar-refractivity contribution in [3.63, 3.8) is 0 Å². The van der Waals surface area contributed by atoms with Gasteiger partial charge in [-0.25, -0.2) is 15.0 Å². The Morgan fingerprint density at radius 2 is 1.95 bits per heavy atom. The Labute approximate surface area is 223 Å². The van der Waals surface area contributed by atoms with E-state index in [9.17, 15) is 9.59 Å². The van der Waals surface area contributed by atoms with Gasteiger partial charge in [-0.05, 0) is 73.5 Å². The first-order valence-electron chi connectivity index (χ1n) is 12.6. The van der Waals surface area contributed by atoms with Gasteiger partial charge in [0.15, 0.2) is 5.76 Å². The van der Waals surface area contributed by atoms with Gasteiger partial charge in [0.2, 0.25) is 5.95 Å². The number of nitrogens with zero attached hydrogens (tertiary/aromatic N) is 4. The first-order valence-corrected chi connectivity index (χ1v) is 13.4. The molecule has 2 aliphatic rings. The van der Waals surface area contributed by atoms with Gasteiger partial charge in [-0.2, -0.15) is 0 Å². The fraction of sp³-hybridized carbons (Fsp3) is 0.250. The Bertz CT molecular complexity index is 1490. The fourth-order valence-electron chi connectivity index (χ4n) is 4.71. The summed E-state index contributed by atoms with van der Waals surface area (Å²) in [4.78, 5) is 39.5. The van der Waals surface area contributed by atoms with Crippen molar-refractivity contribution >= 4 is 45.9 Å². The Kier molecular flexibility index (Phi) is 6.89. The molecule has 2 saturated heterocycles. The van der Waals surface area contributed by atoms with Crippen molar-refractivity contribution in [3.8, 4) is 11.5 Å². The van der Waals surface area contributed by atoms with Crippen LogP contribution in [0, 0.1) is 5.92 Å². The summed E-state index contributed by atoms with van der Waals surface area (Å²) in [6.07, 6.45) is 5.37. The van der Waals surface area contributed by atoms with Crippen molar-refractivity contribution < 1.29 is 14.0 Å². The number of fused-ring (bicyclic) bond motifs is 1. The molecular formula is C28H26N6O3S. The summed E-state index contributed by atoms with van der Waals surface area (Å²) < 4.78 is 5.97. The number of para-hydroxylation sites is 1. The fourth-order valence-corrected chi connectivity index (χ4v) is 5.38. The average molecular weight is 527 g/mol. The minimum atomic E-state index is -0.384. The first-order chi connectivity index (χ1) is 18.6. The zero-order valence-corrected chi connectivity index (χ0v) is 21.4. The summed E-state index contributed by atoms with van der Waals surface area (Å²) in [7, 11) is 0. The molecule has 0 bridgehead atoms. The third-order valence-electron chi connectivity index (χ3n) is 6.71. The second-order valence-corrected chi connectivity index (χ2v) is 10.4. The number of benzene rings is 1. The van der Waals surface area contributed by atoms with Crippen LogP contribution >= 0.6 is 11.8 Å². The summed E-state index contributed by atoms with van der Waals surface area (Å²) >= 11 is 0.888. The predicted octanol–water partition coefficient (Wildman–Crippen LogP) is 4.61. The largest absolute Gasteiger partial charge is 0.454 e. The Balaban J connectivity index is 1.01. The molecule has 2 aliphatic heterocycles. The molecule has 9 nitrogen and oxygen atoms in total. The van der Waals surface area contributed by atoms with Crippen LogP contribution in [-0.2, 0) is 11.3 Å². The van der Waals surface area contributed by atoms with Gasteiger partial charge in [0.1, 0.15) is 11.3 Å². The quantitative estimate of drug-likeness (QED) is 0.333. The van der Waals surface area contributed by atoms with Gasteiger partial charge in [0.05, 0.1) is 16.3 Å². The molecule has 5 heterocycles. The van der Waals surface area contributed by atoms with Gasteiger partial charge < -0.3 is 14.6 Å². The number of pyridine rings is 1. The molecule has 0 spiro atoms. The molecule has 0 radical (unpaired) electrons. The predicted molar refractivity (Wildman–Crippen MR) is 147 cm³/mol. The number of imide groups is 1. The molecule has 38 heavy (non-hydrogen) atoms. The first kappa shape index (κ1) is 24.3. The molecule has 0 aliphatic carbocycles. The molecule has 0 atom stereocenters. The van der Waals surface area contributed by atoms with Crippen LogP contribution in [0.2, 0.25) is 0 Å². The summed E-state index contributed by atoms with van der Waals surface area (Å²) in [6, 6.07) is 17.8. The van der Waals surface area contributed by atoms with Crippen LogP contribution < -0.4 is 15.5 Å². The lowest BCUT2D eigenvalue weighted by Gasteiger charge is -2.32. The molecule has 1 aromatic carbocycles. The maximum atomic E-state index is 11.8. The highest BCUT2D eigenvalue weighted by atomic mass is 32.2. The van der Waals surface area contributed by atoms with E-state index in [2.05, 4.69) is 25.5 Å². The molecule has 6 rings (SSSR count). The van der Waals surface area contributed by atoms with Crippen LogP contribution in [0.15, 0.2) is 70.1 Å². The molecular weight excluding hydrogens is 500 g/mol. The summed E-state index contributed by atoms with van der Waals surface area (Å²) in [5.74, 6) is 1.60. The number of piperidine rings is 1. The van der Waals surface area contributed by atoms with Crippen molar-refractivity contribution in [3.05, 3.63) is 77.1 Å². The summed E-state index contributed by atoms with van der Waals surface area (Å²) in [5, 5.41) is 6.55. The lowest BCUT2D eigenvalue weighted by Crippen LogP contribution is -2.38. The zero-order chi connectivity index (χ0) is 25.9. The summed E-state index contributed by atoms with van der Waals surface area (Å²) in [5.41, 5.74) is 3.30. The molecule has 0 unspecified atom stereocenters. The molecule has 192 valence electrons. The van der Waals surface area contributed by atoms with Crippen LogP contribution in [0.4, 0.5) is 10.7 Å². The van der Waals surface area contributed by atoms with Crippen LogP contribution in [0.3, 0.4) is 0 Å². The standard InChI is InChI=1S/C28H26N6O3S/c35-26-25(38-28(36)33-26)15-20-8-11-30-27(32-20)34-12-9-18(10-13-34)16-29-17-21-5-3-6-22(31-21)24-14-19-4-1-2-7-23(19)37-24/h1-8,11,14-15,18,29H,9-10,12-13,16-17H2,(H,33,35,36). The van der Waals surface area contributed by atoms with E-state index >= 15 is 0 Å². The van der Waals surface area contributed by atoms with E-state index in [0.29, 0.717) is 29.0 Å². The number of hydrogen-bond acceptors (Lipinski definition) is 9. The monoisotopic (exact) mass is 526 g/mol. The number of aromatic nitrogens is 3. The van der Waals surface area contributed by atoms with Gasteiger partial charge in [-0.15, -0.1) is 0 Å². The van der Waals surface area contributed by atoms with Crippen molar-refractivity contribution in [2.45, 2.75) is 19.4 Å². The smallest absolute Gasteiger partial charge is 0.290 e. The number of nitrogens with one attached hydrogen (secondary N) is 2. The van der Waals surface area contributed by atoms with Crippen LogP contribution in [-0.4, -0.2) is 45.7 Å². The molecule has 2 fully saturated rings. The lowest BCUT2D eigenvalue weighted by atomic mass is 9.97. The second kappa shape index (κ2) is 10.8. The average Bonchev–Trinajstić information content (AvgIpc) is 3.51. The molecule has 2 N–H and O–H groups in total. The molecule has 3 aromatic heterocycles. The maximum absolute atomic E-state index is 11.8. The van der Waals surface area contributed by atoms with E-state index in [4.69, 9.17) is 9.40 Å². The van der Waals surface area contributed by atoms with Crippen molar-refractivity contribution in [1.29, 1.82) is 0 Å².